The Balaban J connectivity index is 1.93. The molecule has 0 radical (unpaired) electrons. The fourth-order valence-corrected chi connectivity index (χ4v) is 4.75. The number of fused-ring (bicyclic) bond motifs is 2. The van der Waals surface area contributed by atoms with Crippen molar-refractivity contribution < 1.29 is 22.4 Å². The first-order valence-electron chi connectivity index (χ1n) is 8.39. The second-order valence-electron chi connectivity index (χ2n) is 6.61. The third-order valence-corrected chi connectivity index (χ3v) is 6.39. The number of furan rings is 1. The van der Waals surface area contributed by atoms with E-state index in [1.165, 1.54) is 22.6 Å². The second-order valence-corrected chi connectivity index (χ2v) is 8.63. The lowest BCUT2D eigenvalue weighted by molar-refractivity contribution is 0.0955. The molecule has 2 aromatic rings. The molecule has 0 unspecified atom stereocenters. The summed E-state index contributed by atoms with van der Waals surface area (Å²) in [5.41, 5.74) is 0.427. The summed E-state index contributed by atoms with van der Waals surface area (Å²) in [7, 11) is -3.46. The first kappa shape index (κ1) is 18.5. The van der Waals surface area contributed by atoms with Crippen LogP contribution in [0.2, 0.25) is 0 Å². The van der Waals surface area contributed by atoms with E-state index in [0.29, 0.717) is 0 Å². The first-order chi connectivity index (χ1) is 12.2. The molecule has 0 atom stereocenters. The molecule has 2 aromatic heterocycles. The molecule has 0 aliphatic heterocycles. The molecule has 7 nitrogen and oxygen atoms in total. The molecule has 2 heterocycles. The molecular formula is C18H20N2O5S. The molecule has 138 valence electrons. The number of ketones is 2. The number of carbonyl (C=O) groups is 2. The molecular weight excluding hydrogens is 356 g/mol. The van der Waals surface area contributed by atoms with Crippen molar-refractivity contribution in [2.75, 3.05) is 12.3 Å². The number of nitrogens with zero attached hydrogens (tertiary/aromatic N) is 2. The molecule has 0 N–H and O–H groups in total. The largest absolute Gasteiger partial charge is 0.455 e. The molecule has 3 rings (SSSR count). The zero-order valence-electron chi connectivity index (χ0n) is 14.9. The van der Waals surface area contributed by atoms with Crippen molar-refractivity contribution in [3.63, 3.8) is 0 Å². The number of rotatable bonds is 6. The number of pyridine rings is 1. The van der Waals surface area contributed by atoms with E-state index < -0.39 is 21.6 Å². The average molecular weight is 376 g/mol. The predicted octanol–water partition coefficient (Wildman–Crippen LogP) is 2.26. The van der Waals surface area contributed by atoms with Crippen molar-refractivity contribution >= 4 is 21.6 Å². The summed E-state index contributed by atoms with van der Waals surface area (Å²) >= 11 is 0. The molecule has 26 heavy (non-hydrogen) atoms. The van der Waals surface area contributed by atoms with E-state index in [1.807, 2.05) is 13.8 Å². The molecule has 0 bridgehead atoms. The van der Waals surface area contributed by atoms with Gasteiger partial charge in [-0.3, -0.25) is 14.6 Å². The average Bonchev–Trinajstić information content (AvgIpc) is 3.00. The fraction of sp³-hybridized carbons (Fsp3) is 0.389. The van der Waals surface area contributed by atoms with E-state index in [9.17, 15) is 18.0 Å². The number of hydrogen-bond acceptors (Lipinski definition) is 6. The Bertz CT molecular complexity index is 923. The van der Waals surface area contributed by atoms with Crippen LogP contribution in [-0.2, 0) is 16.6 Å². The lowest BCUT2D eigenvalue weighted by Crippen LogP contribution is -2.33. The van der Waals surface area contributed by atoms with E-state index in [0.717, 1.165) is 0 Å². The van der Waals surface area contributed by atoms with Crippen LogP contribution in [-0.4, -0.2) is 41.6 Å². The minimum absolute atomic E-state index is 0.0115. The summed E-state index contributed by atoms with van der Waals surface area (Å²) in [6.07, 6.45) is 1.45. The summed E-state index contributed by atoms with van der Waals surface area (Å²) in [6, 6.07) is 4.55. The van der Waals surface area contributed by atoms with Crippen LogP contribution < -0.4 is 0 Å². The van der Waals surface area contributed by atoms with Gasteiger partial charge in [-0.15, -0.1) is 0 Å². The van der Waals surface area contributed by atoms with Crippen LogP contribution in [0.25, 0.3) is 0 Å². The Morgan fingerprint density at radius 1 is 1.19 bits per heavy atom. The van der Waals surface area contributed by atoms with Crippen LogP contribution in [0.1, 0.15) is 58.7 Å². The zero-order chi connectivity index (χ0) is 19.1. The van der Waals surface area contributed by atoms with E-state index in [4.69, 9.17) is 4.42 Å². The van der Waals surface area contributed by atoms with Crippen LogP contribution in [0.15, 0.2) is 28.8 Å². The molecule has 0 spiro atoms. The van der Waals surface area contributed by atoms with Gasteiger partial charge in [0.15, 0.2) is 5.76 Å². The van der Waals surface area contributed by atoms with Crippen LogP contribution in [0.3, 0.4) is 0 Å². The molecule has 0 saturated heterocycles. The Morgan fingerprint density at radius 3 is 2.58 bits per heavy atom. The third-order valence-electron chi connectivity index (χ3n) is 4.12. The standard InChI is InChI=1S/C18H20N2O5S/c1-4-20(26(23,24)10-11(2)3)9-12-8-14-16(21)15-13(6-5-7-19-15)17(22)18(14)25-12/h5-8,11H,4,9-10H2,1-3H3. The lowest BCUT2D eigenvalue weighted by atomic mass is 9.92. The Kier molecular flexibility index (Phi) is 4.81. The normalized spacial score (nSPS) is 14.0. The van der Waals surface area contributed by atoms with E-state index in [-0.39, 0.29) is 53.1 Å². The molecule has 1 aliphatic rings. The molecule has 1 aliphatic carbocycles. The van der Waals surface area contributed by atoms with Gasteiger partial charge in [-0.1, -0.05) is 20.8 Å². The van der Waals surface area contributed by atoms with Crippen LogP contribution in [0.4, 0.5) is 0 Å². The molecule has 0 aromatic carbocycles. The number of aromatic nitrogens is 1. The molecule has 0 fully saturated rings. The van der Waals surface area contributed by atoms with Crippen LogP contribution in [0, 0.1) is 5.92 Å². The predicted molar refractivity (Wildman–Crippen MR) is 94.5 cm³/mol. The number of sulfonamides is 1. The van der Waals surface area contributed by atoms with Gasteiger partial charge in [0.2, 0.25) is 21.6 Å². The van der Waals surface area contributed by atoms with Crippen molar-refractivity contribution in [2.24, 2.45) is 5.92 Å². The SMILES string of the molecule is CCN(Cc1cc2c(o1)C(=O)c1cccnc1C2=O)S(=O)(=O)CC(C)C. The quantitative estimate of drug-likeness (QED) is 0.654. The van der Waals surface area contributed by atoms with Gasteiger partial charge in [-0.05, 0) is 24.1 Å². The fourth-order valence-electron chi connectivity index (χ4n) is 2.98. The summed E-state index contributed by atoms with van der Waals surface area (Å²) < 4.78 is 31.8. The maximum absolute atomic E-state index is 12.6. The molecule has 0 amide bonds. The van der Waals surface area contributed by atoms with Crippen molar-refractivity contribution in [3.05, 3.63) is 52.7 Å². The summed E-state index contributed by atoms with van der Waals surface area (Å²) in [5, 5.41) is 0. The summed E-state index contributed by atoms with van der Waals surface area (Å²) in [5.74, 6) is -0.585. The van der Waals surface area contributed by atoms with E-state index >= 15 is 0 Å². The van der Waals surface area contributed by atoms with Gasteiger partial charge in [-0.2, -0.15) is 4.31 Å². The van der Waals surface area contributed by atoms with Crippen LogP contribution >= 0.6 is 0 Å². The summed E-state index contributed by atoms with van der Waals surface area (Å²) in [6.45, 7) is 5.64. The molecule has 0 saturated carbocycles. The molecule has 8 heteroatoms. The highest BCUT2D eigenvalue weighted by Crippen LogP contribution is 2.29. The topological polar surface area (TPSA) is 97.6 Å². The Labute approximate surface area is 152 Å². The van der Waals surface area contributed by atoms with Gasteiger partial charge in [0.05, 0.1) is 23.4 Å². The highest BCUT2D eigenvalue weighted by atomic mass is 32.2. The van der Waals surface area contributed by atoms with Crippen molar-refractivity contribution in [1.82, 2.24) is 9.29 Å². The third kappa shape index (κ3) is 3.22. The van der Waals surface area contributed by atoms with E-state index in [2.05, 4.69) is 4.98 Å². The van der Waals surface area contributed by atoms with Crippen LogP contribution in [0.5, 0.6) is 0 Å². The van der Waals surface area contributed by atoms with Crippen molar-refractivity contribution in [3.8, 4) is 0 Å². The van der Waals surface area contributed by atoms with Gasteiger partial charge in [0, 0.05) is 12.7 Å². The zero-order valence-corrected chi connectivity index (χ0v) is 15.7. The van der Waals surface area contributed by atoms with Gasteiger partial charge in [0.1, 0.15) is 11.5 Å². The maximum Gasteiger partial charge on any atom is 0.231 e. The minimum Gasteiger partial charge on any atom is -0.455 e. The number of carbonyl (C=O) groups excluding carboxylic acids is 2. The number of hydrogen-bond donors (Lipinski definition) is 0. The van der Waals surface area contributed by atoms with Gasteiger partial charge in [0.25, 0.3) is 0 Å². The maximum atomic E-state index is 12.6. The highest BCUT2D eigenvalue weighted by Gasteiger charge is 2.35. The Hall–Kier alpha value is -2.32. The summed E-state index contributed by atoms with van der Waals surface area (Å²) in [4.78, 5) is 29.1. The Morgan fingerprint density at radius 2 is 1.92 bits per heavy atom. The second kappa shape index (κ2) is 6.77. The smallest absolute Gasteiger partial charge is 0.231 e. The monoisotopic (exact) mass is 376 g/mol. The van der Waals surface area contributed by atoms with E-state index in [1.54, 1.807) is 13.0 Å². The van der Waals surface area contributed by atoms with Crippen molar-refractivity contribution in [1.29, 1.82) is 0 Å². The van der Waals surface area contributed by atoms with Gasteiger partial charge >= 0.3 is 0 Å². The van der Waals surface area contributed by atoms with Crippen molar-refractivity contribution in [2.45, 2.75) is 27.3 Å². The highest BCUT2D eigenvalue weighted by molar-refractivity contribution is 7.89. The van der Waals surface area contributed by atoms with Gasteiger partial charge in [-0.25, -0.2) is 8.42 Å². The first-order valence-corrected chi connectivity index (χ1v) is 10.0. The lowest BCUT2D eigenvalue weighted by Gasteiger charge is -2.20. The van der Waals surface area contributed by atoms with Gasteiger partial charge < -0.3 is 4.42 Å². The minimum atomic E-state index is -3.46.